The lowest BCUT2D eigenvalue weighted by Crippen LogP contribution is -2.14. The molecule has 3 rings (SSSR count). The van der Waals surface area contributed by atoms with Crippen LogP contribution in [0.15, 0.2) is 54.6 Å². The summed E-state index contributed by atoms with van der Waals surface area (Å²) in [4.78, 5) is 21.4. The molecule has 0 saturated carbocycles. The second kappa shape index (κ2) is 7.24. The molecule has 0 aromatic carbocycles. The predicted octanol–water partition coefficient (Wildman–Crippen LogP) is 3.20. The fraction of sp³-hybridized carbons (Fsp3) is 0.133. The van der Waals surface area contributed by atoms with Gasteiger partial charge in [-0.3, -0.25) is 9.36 Å². The molecule has 0 saturated heterocycles. The average molecular weight is 330 g/mol. The van der Waals surface area contributed by atoms with Crippen LogP contribution < -0.4 is 5.32 Å². The molecule has 0 aliphatic rings. The molecule has 3 heterocycles. The van der Waals surface area contributed by atoms with Crippen molar-refractivity contribution in [2.75, 3.05) is 11.1 Å². The molecule has 0 aliphatic heterocycles. The highest BCUT2D eigenvalue weighted by atomic mass is 32.2. The molecule has 0 spiro atoms. The lowest BCUT2D eigenvalue weighted by molar-refractivity contribution is -0.113. The van der Waals surface area contributed by atoms with Crippen molar-refractivity contribution < 1.29 is 4.79 Å². The summed E-state index contributed by atoms with van der Waals surface area (Å²) in [5, 5.41) is 4.90. The minimum atomic E-state index is -0.0151. The third kappa shape index (κ3) is 3.96. The van der Waals surface area contributed by atoms with Crippen molar-refractivity contribution >= 4 is 34.7 Å². The number of thiophene rings is 1. The first-order valence-electron chi connectivity index (χ1n) is 6.65. The summed E-state index contributed by atoms with van der Waals surface area (Å²) in [7, 11) is 0. The Labute approximate surface area is 136 Å². The summed E-state index contributed by atoms with van der Waals surface area (Å²) in [6, 6.07) is 7.78. The summed E-state index contributed by atoms with van der Waals surface area (Å²) in [5.74, 6) is 2.05. The minimum Gasteiger partial charge on any atom is -0.324 e. The number of hydrogen-bond donors (Lipinski definition) is 1. The van der Waals surface area contributed by atoms with Crippen LogP contribution in [0.3, 0.4) is 0 Å². The Balaban J connectivity index is 1.49. The maximum Gasteiger partial charge on any atom is 0.234 e. The lowest BCUT2D eigenvalue weighted by atomic mass is 10.4. The summed E-state index contributed by atoms with van der Waals surface area (Å²) >= 11 is 3.31. The van der Waals surface area contributed by atoms with Crippen molar-refractivity contribution in [3.05, 3.63) is 59.4 Å². The Kier molecular flexibility index (Phi) is 4.87. The van der Waals surface area contributed by atoms with Gasteiger partial charge < -0.3 is 5.32 Å². The van der Waals surface area contributed by atoms with E-state index in [4.69, 9.17) is 0 Å². The van der Waals surface area contributed by atoms with Crippen LogP contribution in [0, 0.1) is 0 Å². The second-order valence-electron chi connectivity index (χ2n) is 4.50. The maximum absolute atomic E-state index is 11.9. The Hall–Kier alpha value is -2.12. The normalized spacial score (nSPS) is 10.5. The number of thioether (sulfide) groups is 1. The lowest BCUT2D eigenvalue weighted by Gasteiger charge is -2.06. The molecule has 7 heteroatoms. The molecule has 22 heavy (non-hydrogen) atoms. The Morgan fingerprint density at radius 3 is 3.00 bits per heavy atom. The predicted molar refractivity (Wildman–Crippen MR) is 90.5 cm³/mol. The van der Waals surface area contributed by atoms with E-state index in [0.29, 0.717) is 11.4 Å². The fourth-order valence-corrected chi connectivity index (χ4v) is 3.51. The van der Waals surface area contributed by atoms with Crippen LogP contribution in [-0.4, -0.2) is 26.2 Å². The molecule has 1 amide bonds. The van der Waals surface area contributed by atoms with E-state index in [9.17, 15) is 4.79 Å². The molecule has 3 aromatic rings. The summed E-state index contributed by atoms with van der Waals surface area (Å²) in [6.07, 6.45) is 6.85. The third-order valence-electron chi connectivity index (χ3n) is 2.86. The molecule has 1 N–H and O–H groups in total. The van der Waals surface area contributed by atoms with Crippen LogP contribution in [-0.2, 0) is 10.5 Å². The molecular weight excluding hydrogens is 316 g/mol. The highest BCUT2D eigenvalue weighted by Crippen LogP contribution is 2.17. The molecule has 0 aliphatic carbocycles. The molecule has 0 atom stereocenters. The van der Waals surface area contributed by atoms with Gasteiger partial charge in [-0.1, -0.05) is 6.07 Å². The fourth-order valence-electron chi connectivity index (χ4n) is 1.84. The van der Waals surface area contributed by atoms with Gasteiger partial charge in [0.1, 0.15) is 12.1 Å². The van der Waals surface area contributed by atoms with Gasteiger partial charge in [0.15, 0.2) is 0 Å². The zero-order valence-corrected chi connectivity index (χ0v) is 13.3. The number of aromatic nitrogens is 3. The van der Waals surface area contributed by atoms with Crippen molar-refractivity contribution in [1.82, 2.24) is 14.5 Å². The van der Waals surface area contributed by atoms with Gasteiger partial charge in [0, 0.05) is 23.0 Å². The topological polar surface area (TPSA) is 59.8 Å². The number of imidazole rings is 1. The average Bonchev–Trinajstić information content (AvgIpc) is 3.21. The van der Waals surface area contributed by atoms with Crippen LogP contribution in [0.25, 0.3) is 5.82 Å². The molecule has 0 unspecified atom stereocenters. The summed E-state index contributed by atoms with van der Waals surface area (Å²) in [5.41, 5.74) is 0.700. The molecule has 5 nitrogen and oxygen atoms in total. The number of amides is 1. The number of nitrogens with one attached hydrogen (secondary N) is 1. The molecule has 0 bridgehead atoms. The Bertz CT molecular complexity index is 709. The van der Waals surface area contributed by atoms with Crippen LogP contribution in [0.4, 0.5) is 5.69 Å². The highest BCUT2D eigenvalue weighted by molar-refractivity contribution is 7.99. The Morgan fingerprint density at radius 1 is 1.36 bits per heavy atom. The maximum atomic E-state index is 11.9. The van der Waals surface area contributed by atoms with Gasteiger partial charge in [-0.15, -0.1) is 23.1 Å². The number of anilines is 1. The third-order valence-corrected chi connectivity index (χ3v) is 4.90. The van der Waals surface area contributed by atoms with Crippen molar-refractivity contribution in [3.63, 3.8) is 0 Å². The van der Waals surface area contributed by atoms with Gasteiger partial charge in [0.25, 0.3) is 0 Å². The minimum absolute atomic E-state index is 0.0151. The van der Waals surface area contributed by atoms with Gasteiger partial charge in [-0.25, -0.2) is 9.97 Å². The van der Waals surface area contributed by atoms with E-state index < -0.39 is 0 Å². The van der Waals surface area contributed by atoms with E-state index in [2.05, 4.69) is 21.4 Å². The van der Waals surface area contributed by atoms with E-state index in [1.165, 1.54) is 4.88 Å². The zero-order chi connectivity index (χ0) is 15.2. The summed E-state index contributed by atoms with van der Waals surface area (Å²) < 4.78 is 1.81. The first kappa shape index (κ1) is 14.8. The van der Waals surface area contributed by atoms with Crippen molar-refractivity contribution in [2.45, 2.75) is 5.75 Å². The van der Waals surface area contributed by atoms with Gasteiger partial charge in [0.2, 0.25) is 5.91 Å². The van der Waals surface area contributed by atoms with Crippen molar-refractivity contribution in [3.8, 4) is 5.82 Å². The van der Waals surface area contributed by atoms with Crippen LogP contribution in [0.5, 0.6) is 0 Å². The first-order valence-corrected chi connectivity index (χ1v) is 8.69. The van der Waals surface area contributed by atoms with Gasteiger partial charge in [-0.05, 0) is 23.6 Å². The Morgan fingerprint density at radius 2 is 2.32 bits per heavy atom. The van der Waals surface area contributed by atoms with E-state index in [1.807, 2.05) is 34.3 Å². The van der Waals surface area contributed by atoms with Crippen LogP contribution >= 0.6 is 23.1 Å². The molecule has 0 radical (unpaired) electrons. The number of carbonyl (C=O) groups is 1. The first-order chi connectivity index (χ1) is 10.8. The van der Waals surface area contributed by atoms with E-state index >= 15 is 0 Å². The molecular formula is C15H14N4OS2. The number of rotatable bonds is 6. The van der Waals surface area contributed by atoms with Crippen LogP contribution in [0.2, 0.25) is 0 Å². The molecule has 112 valence electrons. The monoisotopic (exact) mass is 330 g/mol. The quantitative estimate of drug-likeness (QED) is 0.754. The molecule has 0 fully saturated rings. The number of carbonyl (C=O) groups excluding carboxylic acids is 1. The van der Waals surface area contributed by atoms with Crippen molar-refractivity contribution in [2.24, 2.45) is 0 Å². The number of pyridine rings is 1. The zero-order valence-electron chi connectivity index (χ0n) is 11.7. The van der Waals surface area contributed by atoms with Crippen LogP contribution in [0.1, 0.15) is 4.88 Å². The standard InChI is InChI=1S/C15H14N4OS2/c20-15(10-21-9-13-2-1-7-22-13)18-12-3-4-14(17-8-12)19-6-5-16-11-19/h1-8,11H,9-10H2,(H,18,20). The van der Waals surface area contributed by atoms with E-state index in [0.717, 1.165) is 11.6 Å². The second-order valence-corrected chi connectivity index (χ2v) is 6.51. The SMILES string of the molecule is O=C(CSCc1cccs1)Nc1ccc(-n2ccnc2)nc1. The molecule has 3 aromatic heterocycles. The van der Waals surface area contributed by atoms with Crippen molar-refractivity contribution in [1.29, 1.82) is 0 Å². The number of nitrogens with zero attached hydrogens (tertiary/aromatic N) is 3. The summed E-state index contributed by atoms with van der Waals surface area (Å²) in [6.45, 7) is 0. The van der Waals surface area contributed by atoms with Gasteiger partial charge >= 0.3 is 0 Å². The van der Waals surface area contributed by atoms with E-state index in [1.54, 1.807) is 41.8 Å². The smallest absolute Gasteiger partial charge is 0.234 e. The number of hydrogen-bond acceptors (Lipinski definition) is 5. The van der Waals surface area contributed by atoms with Gasteiger partial charge in [0.05, 0.1) is 17.6 Å². The largest absolute Gasteiger partial charge is 0.324 e. The van der Waals surface area contributed by atoms with Gasteiger partial charge in [-0.2, -0.15) is 0 Å². The highest BCUT2D eigenvalue weighted by Gasteiger charge is 2.04. The van der Waals surface area contributed by atoms with E-state index in [-0.39, 0.29) is 5.91 Å².